The summed E-state index contributed by atoms with van der Waals surface area (Å²) < 4.78 is 13.5. The molecule has 0 fully saturated rings. The average Bonchev–Trinajstić information content (AvgIpc) is 2.14. The molecule has 0 N–H and O–H groups in total. The van der Waals surface area contributed by atoms with E-state index in [2.05, 4.69) is 4.99 Å². The normalized spacial score (nSPS) is 10.9. The van der Waals surface area contributed by atoms with Crippen molar-refractivity contribution in [3.8, 4) is 0 Å². The first kappa shape index (κ1) is 11.9. The molecule has 0 spiro atoms. The molecule has 0 bridgehead atoms. The molecule has 1 aromatic rings. The van der Waals surface area contributed by atoms with Gasteiger partial charge in [0.05, 0.1) is 6.54 Å². The van der Waals surface area contributed by atoms with Crippen LogP contribution >= 0.6 is 11.6 Å². The average molecular weight is 228 g/mol. The van der Waals surface area contributed by atoms with E-state index in [1.54, 1.807) is 26.0 Å². The number of hydrogen-bond acceptors (Lipinski definition) is 2. The minimum absolute atomic E-state index is 0.164. The van der Waals surface area contributed by atoms with Gasteiger partial charge in [-0.2, -0.15) is 0 Å². The Morgan fingerprint density at radius 1 is 1.53 bits per heavy atom. The second-order valence-corrected chi connectivity index (χ2v) is 4.30. The zero-order valence-electron chi connectivity index (χ0n) is 8.55. The van der Waals surface area contributed by atoms with Crippen LogP contribution in [-0.4, -0.2) is 12.6 Å². The zero-order valence-corrected chi connectivity index (χ0v) is 9.31. The SMILES string of the molecule is CC(C)(CN=C=O)c1c(F)cccc1Cl. The molecular formula is C11H11ClFNO. The maximum absolute atomic E-state index is 13.5. The number of nitrogens with zero attached hydrogens (tertiary/aromatic N) is 1. The van der Waals surface area contributed by atoms with E-state index in [1.807, 2.05) is 0 Å². The van der Waals surface area contributed by atoms with E-state index in [0.717, 1.165) is 0 Å². The Morgan fingerprint density at radius 3 is 2.73 bits per heavy atom. The van der Waals surface area contributed by atoms with Crippen molar-refractivity contribution in [2.75, 3.05) is 6.54 Å². The van der Waals surface area contributed by atoms with Crippen LogP contribution in [-0.2, 0) is 10.2 Å². The molecule has 0 amide bonds. The number of aliphatic imine (C=N–C) groups is 1. The van der Waals surface area contributed by atoms with Crippen LogP contribution in [0.2, 0.25) is 5.02 Å². The molecule has 0 aromatic heterocycles. The van der Waals surface area contributed by atoms with Gasteiger partial charge in [0.15, 0.2) is 0 Å². The van der Waals surface area contributed by atoms with E-state index in [-0.39, 0.29) is 12.4 Å². The van der Waals surface area contributed by atoms with Crippen LogP contribution in [0, 0.1) is 5.82 Å². The minimum atomic E-state index is -0.611. The summed E-state index contributed by atoms with van der Waals surface area (Å²) in [5, 5.41) is 0.348. The van der Waals surface area contributed by atoms with Crippen molar-refractivity contribution in [2.24, 2.45) is 4.99 Å². The molecule has 1 aromatic carbocycles. The summed E-state index contributed by atoms with van der Waals surface area (Å²) in [4.78, 5) is 13.5. The highest BCUT2D eigenvalue weighted by molar-refractivity contribution is 6.31. The van der Waals surface area contributed by atoms with E-state index in [1.165, 1.54) is 12.1 Å². The molecule has 1 rings (SSSR count). The van der Waals surface area contributed by atoms with Gasteiger partial charge in [0, 0.05) is 16.0 Å². The molecule has 0 aliphatic heterocycles. The lowest BCUT2D eigenvalue weighted by Crippen LogP contribution is -2.23. The van der Waals surface area contributed by atoms with Crippen LogP contribution in [0.5, 0.6) is 0 Å². The molecule has 4 heteroatoms. The van der Waals surface area contributed by atoms with Crippen LogP contribution in [0.3, 0.4) is 0 Å². The van der Waals surface area contributed by atoms with E-state index < -0.39 is 5.41 Å². The van der Waals surface area contributed by atoms with Gasteiger partial charge in [-0.25, -0.2) is 14.2 Å². The topological polar surface area (TPSA) is 29.4 Å². The highest BCUT2D eigenvalue weighted by Crippen LogP contribution is 2.32. The Bertz CT molecular complexity index is 391. The minimum Gasteiger partial charge on any atom is -0.211 e. The Kier molecular flexibility index (Phi) is 3.61. The molecule has 80 valence electrons. The van der Waals surface area contributed by atoms with Gasteiger partial charge in [-0.15, -0.1) is 0 Å². The highest BCUT2D eigenvalue weighted by atomic mass is 35.5. The third-order valence-electron chi connectivity index (χ3n) is 2.18. The number of benzene rings is 1. The van der Waals surface area contributed by atoms with Crippen molar-refractivity contribution < 1.29 is 9.18 Å². The van der Waals surface area contributed by atoms with Crippen LogP contribution in [0.1, 0.15) is 19.4 Å². The number of hydrogen-bond donors (Lipinski definition) is 0. The van der Waals surface area contributed by atoms with Gasteiger partial charge >= 0.3 is 0 Å². The van der Waals surface area contributed by atoms with Crippen molar-refractivity contribution in [3.05, 3.63) is 34.6 Å². The summed E-state index contributed by atoms with van der Waals surface area (Å²) in [7, 11) is 0. The van der Waals surface area contributed by atoms with E-state index in [0.29, 0.717) is 10.6 Å². The van der Waals surface area contributed by atoms with E-state index >= 15 is 0 Å². The lowest BCUT2D eigenvalue weighted by molar-refractivity contribution is 0.490. The Balaban J connectivity index is 3.19. The van der Waals surface area contributed by atoms with Crippen LogP contribution in [0.15, 0.2) is 23.2 Å². The molecule has 0 saturated heterocycles. The lowest BCUT2D eigenvalue weighted by atomic mass is 9.84. The number of rotatable bonds is 3. The highest BCUT2D eigenvalue weighted by Gasteiger charge is 2.26. The molecule has 0 unspecified atom stereocenters. The second-order valence-electron chi connectivity index (χ2n) is 3.89. The third-order valence-corrected chi connectivity index (χ3v) is 2.49. The van der Waals surface area contributed by atoms with Crippen molar-refractivity contribution in [2.45, 2.75) is 19.3 Å². The first-order valence-corrected chi connectivity index (χ1v) is 4.85. The van der Waals surface area contributed by atoms with Gasteiger partial charge in [0.2, 0.25) is 6.08 Å². The molecule has 0 aliphatic carbocycles. The maximum atomic E-state index is 13.5. The Labute approximate surface area is 92.8 Å². The van der Waals surface area contributed by atoms with Gasteiger partial charge in [0.1, 0.15) is 5.82 Å². The monoisotopic (exact) mass is 227 g/mol. The molecule has 0 radical (unpaired) electrons. The fourth-order valence-electron chi connectivity index (χ4n) is 1.45. The molecule has 0 heterocycles. The van der Waals surface area contributed by atoms with Gasteiger partial charge in [-0.1, -0.05) is 31.5 Å². The second kappa shape index (κ2) is 4.56. The van der Waals surface area contributed by atoms with Crippen molar-refractivity contribution in [1.82, 2.24) is 0 Å². The van der Waals surface area contributed by atoms with E-state index in [4.69, 9.17) is 11.6 Å². The Hall–Kier alpha value is -1.18. The summed E-state index contributed by atoms with van der Waals surface area (Å²) in [5.41, 5.74) is -0.231. The summed E-state index contributed by atoms with van der Waals surface area (Å²) in [6, 6.07) is 4.50. The predicted molar refractivity (Wildman–Crippen MR) is 57.4 cm³/mol. The van der Waals surface area contributed by atoms with Crippen LogP contribution in [0.25, 0.3) is 0 Å². The molecular weight excluding hydrogens is 217 g/mol. The summed E-state index contributed by atoms with van der Waals surface area (Å²) >= 11 is 5.91. The lowest BCUT2D eigenvalue weighted by Gasteiger charge is -2.23. The first-order valence-electron chi connectivity index (χ1n) is 4.47. The largest absolute Gasteiger partial charge is 0.234 e. The van der Waals surface area contributed by atoms with Crippen molar-refractivity contribution in [3.63, 3.8) is 0 Å². The van der Waals surface area contributed by atoms with Crippen LogP contribution < -0.4 is 0 Å². The van der Waals surface area contributed by atoms with E-state index in [9.17, 15) is 9.18 Å². The molecule has 0 aliphatic rings. The van der Waals surface area contributed by atoms with Gasteiger partial charge < -0.3 is 0 Å². The third kappa shape index (κ3) is 2.65. The maximum Gasteiger partial charge on any atom is 0.234 e. The zero-order chi connectivity index (χ0) is 11.5. The molecule has 2 nitrogen and oxygen atoms in total. The van der Waals surface area contributed by atoms with Gasteiger partial charge in [-0.3, -0.25) is 0 Å². The summed E-state index contributed by atoms with van der Waals surface area (Å²) in [6.07, 6.45) is 1.44. The summed E-state index contributed by atoms with van der Waals surface area (Å²) in [5.74, 6) is -0.381. The fourth-order valence-corrected chi connectivity index (χ4v) is 1.87. The number of isocyanates is 1. The Morgan fingerprint density at radius 2 is 2.20 bits per heavy atom. The smallest absolute Gasteiger partial charge is 0.211 e. The van der Waals surface area contributed by atoms with Gasteiger partial charge in [-0.05, 0) is 12.1 Å². The predicted octanol–water partition coefficient (Wildman–Crippen LogP) is 3.09. The van der Waals surface area contributed by atoms with Crippen molar-refractivity contribution in [1.29, 1.82) is 0 Å². The quantitative estimate of drug-likeness (QED) is 0.576. The molecule has 15 heavy (non-hydrogen) atoms. The van der Waals surface area contributed by atoms with Crippen molar-refractivity contribution >= 4 is 17.7 Å². The molecule has 0 atom stereocenters. The summed E-state index contributed by atoms with van der Waals surface area (Å²) in [6.45, 7) is 3.72. The molecule has 0 saturated carbocycles. The number of halogens is 2. The fraction of sp³-hybridized carbons (Fsp3) is 0.364. The van der Waals surface area contributed by atoms with Gasteiger partial charge in [0.25, 0.3) is 0 Å². The standard InChI is InChI=1S/C11H11ClFNO/c1-11(2,6-14-7-15)10-8(12)4-3-5-9(10)13/h3-5H,6H2,1-2H3. The van der Waals surface area contributed by atoms with Crippen LogP contribution in [0.4, 0.5) is 4.39 Å². The first-order chi connectivity index (χ1) is 6.99. The number of carbonyl (C=O) groups excluding carboxylic acids is 1.